The molecule has 0 aliphatic heterocycles. The van der Waals surface area contributed by atoms with Gasteiger partial charge in [-0.25, -0.2) is 0 Å². The van der Waals surface area contributed by atoms with Crippen molar-refractivity contribution in [3.63, 3.8) is 0 Å². The summed E-state index contributed by atoms with van der Waals surface area (Å²) in [5.74, 6) is 0.788. The van der Waals surface area contributed by atoms with Crippen LogP contribution in [0.3, 0.4) is 0 Å². The van der Waals surface area contributed by atoms with Gasteiger partial charge in [-0.05, 0) is 30.7 Å². The maximum atomic E-state index is 11.4. The summed E-state index contributed by atoms with van der Waals surface area (Å²) in [6.45, 7) is 3.05. The molecule has 3 heteroatoms. The van der Waals surface area contributed by atoms with Crippen LogP contribution in [0.5, 0.6) is 5.75 Å². The summed E-state index contributed by atoms with van der Waals surface area (Å²) in [7, 11) is 0. The first kappa shape index (κ1) is 17.7. The largest absolute Gasteiger partial charge is 0.494 e. The highest BCUT2D eigenvalue weighted by Gasteiger charge is 2.02. The average molecular weight is 291 g/mol. The number of ether oxygens (including phenoxy) is 1. The van der Waals surface area contributed by atoms with E-state index >= 15 is 0 Å². The molecule has 0 radical (unpaired) electrons. The topological polar surface area (TPSA) is 52.3 Å². The Bertz CT molecular complexity index is 387. The van der Waals surface area contributed by atoms with Crippen molar-refractivity contribution >= 4 is 5.78 Å². The van der Waals surface area contributed by atoms with Gasteiger partial charge in [-0.1, -0.05) is 51.9 Å². The Morgan fingerprint density at radius 3 is 2.10 bits per heavy atom. The Morgan fingerprint density at radius 2 is 1.52 bits per heavy atom. The number of carbonyl (C=O) groups excluding carboxylic acids is 1. The molecule has 3 nitrogen and oxygen atoms in total. The van der Waals surface area contributed by atoms with E-state index in [-0.39, 0.29) is 12.3 Å². The molecule has 0 bridgehead atoms. The van der Waals surface area contributed by atoms with Crippen molar-refractivity contribution < 1.29 is 9.53 Å². The number of hydrogen-bond acceptors (Lipinski definition) is 3. The predicted molar refractivity (Wildman–Crippen MR) is 87.9 cm³/mol. The summed E-state index contributed by atoms with van der Waals surface area (Å²) >= 11 is 0. The molecule has 0 atom stereocenters. The molecule has 1 rings (SSSR count). The Balaban J connectivity index is 2.06. The number of hydrogen-bond donors (Lipinski definition) is 1. The van der Waals surface area contributed by atoms with Crippen molar-refractivity contribution in [1.29, 1.82) is 0 Å². The van der Waals surface area contributed by atoms with Crippen LogP contribution in [0.15, 0.2) is 24.3 Å². The zero-order chi connectivity index (χ0) is 15.3. The highest BCUT2D eigenvalue weighted by atomic mass is 16.5. The van der Waals surface area contributed by atoms with Crippen LogP contribution >= 0.6 is 0 Å². The van der Waals surface area contributed by atoms with Crippen molar-refractivity contribution in [3.05, 3.63) is 29.8 Å². The van der Waals surface area contributed by atoms with E-state index in [4.69, 9.17) is 10.5 Å². The zero-order valence-electron chi connectivity index (χ0n) is 13.3. The average Bonchev–Trinajstić information content (AvgIpc) is 2.53. The Morgan fingerprint density at radius 1 is 0.952 bits per heavy atom. The molecule has 0 fully saturated rings. The first-order valence-electron chi connectivity index (χ1n) is 8.24. The SMILES string of the molecule is CCCCCCCCCCOc1ccc(C(=O)CN)cc1. The second-order valence-corrected chi connectivity index (χ2v) is 5.48. The van der Waals surface area contributed by atoms with Crippen LogP contribution in [0.25, 0.3) is 0 Å². The molecule has 0 spiro atoms. The van der Waals surface area contributed by atoms with Crippen LogP contribution in [0.1, 0.15) is 68.6 Å². The molecule has 118 valence electrons. The minimum Gasteiger partial charge on any atom is -0.494 e. The first-order valence-corrected chi connectivity index (χ1v) is 8.24. The molecule has 0 saturated carbocycles. The molecule has 0 aromatic heterocycles. The van der Waals surface area contributed by atoms with Gasteiger partial charge in [0, 0.05) is 5.56 Å². The summed E-state index contributed by atoms with van der Waals surface area (Å²) in [6.07, 6.45) is 10.4. The van der Waals surface area contributed by atoms with Crippen LogP contribution in [0.4, 0.5) is 0 Å². The summed E-state index contributed by atoms with van der Waals surface area (Å²) in [4.78, 5) is 11.4. The van der Waals surface area contributed by atoms with Gasteiger partial charge in [0.2, 0.25) is 0 Å². The lowest BCUT2D eigenvalue weighted by Gasteiger charge is -2.07. The lowest BCUT2D eigenvalue weighted by Crippen LogP contribution is -2.13. The molecular weight excluding hydrogens is 262 g/mol. The van der Waals surface area contributed by atoms with Gasteiger partial charge in [0.05, 0.1) is 13.2 Å². The van der Waals surface area contributed by atoms with E-state index in [0.29, 0.717) is 5.56 Å². The number of nitrogens with two attached hydrogens (primary N) is 1. The summed E-state index contributed by atoms with van der Waals surface area (Å²) in [5.41, 5.74) is 5.98. The molecule has 0 amide bonds. The fraction of sp³-hybridized carbons (Fsp3) is 0.611. The van der Waals surface area contributed by atoms with Crippen LogP contribution in [0, 0.1) is 0 Å². The second kappa shape index (κ2) is 11.3. The fourth-order valence-corrected chi connectivity index (χ4v) is 2.28. The van der Waals surface area contributed by atoms with Gasteiger partial charge in [0.15, 0.2) is 5.78 Å². The highest BCUT2D eigenvalue weighted by molar-refractivity contribution is 5.97. The Hall–Kier alpha value is -1.35. The number of Topliss-reactive ketones (excluding diaryl/α,β-unsaturated/α-hetero) is 1. The normalized spacial score (nSPS) is 10.6. The standard InChI is InChI=1S/C18H29NO2/c1-2-3-4-5-6-7-8-9-14-21-17-12-10-16(11-13-17)18(20)15-19/h10-13H,2-9,14-15,19H2,1H3. The van der Waals surface area contributed by atoms with E-state index in [9.17, 15) is 4.79 Å². The lowest BCUT2D eigenvalue weighted by molar-refractivity contribution is 0.100. The second-order valence-electron chi connectivity index (χ2n) is 5.48. The van der Waals surface area contributed by atoms with Gasteiger partial charge >= 0.3 is 0 Å². The monoisotopic (exact) mass is 291 g/mol. The van der Waals surface area contributed by atoms with Gasteiger partial charge in [-0.3, -0.25) is 4.79 Å². The fourth-order valence-electron chi connectivity index (χ4n) is 2.28. The van der Waals surface area contributed by atoms with E-state index in [0.717, 1.165) is 18.8 Å². The third-order valence-electron chi connectivity index (χ3n) is 3.63. The molecule has 0 aliphatic rings. The van der Waals surface area contributed by atoms with Gasteiger partial charge in [0.25, 0.3) is 0 Å². The minimum atomic E-state index is -0.0374. The minimum absolute atomic E-state index is 0.0374. The molecule has 0 saturated heterocycles. The van der Waals surface area contributed by atoms with Crippen molar-refractivity contribution in [2.45, 2.75) is 58.3 Å². The quantitative estimate of drug-likeness (QED) is 0.460. The zero-order valence-corrected chi connectivity index (χ0v) is 13.3. The maximum Gasteiger partial charge on any atom is 0.176 e. The van der Waals surface area contributed by atoms with Gasteiger partial charge in [-0.15, -0.1) is 0 Å². The molecule has 0 unspecified atom stereocenters. The third kappa shape index (κ3) is 7.86. The predicted octanol–water partition coefficient (Wildman–Crippen LogP) is 4.35. The maximum absolute atomic E-state index is 11.4. The first-order chi connectivity index (χ1) is 10.3. The van der Waals surface area contributed by atoms with Crippen molar-refractivity contribution in [2.75, 3.05) is 13.2 Å². The third-order valence-corrected chi connectivity index (χ3v) is 3.63. The van der Waals surface area contributed by atoms with Crippen molar-refractivity contribution in [2.24, 2.45) is 5.73 Å². The molecule has 0 heterocycles. The van der Waals surface area contributed by atoms with E-state index in [2.05, 4.69) is 6.92 Å². The van der Waals surface area contributed by atoms with E-state index in [1.54, 1.807) is 12.1 Å². The van der Waals surface area contributed by atoms with Crippen LogP contribution < -0.4 is 10.5 Å². The Labute approximate surface area is 128 Å². The van der Waals surface area contributed by atoms with Crippen LogP contribution in [-0.4, -0.2) is 18.9 Å². The van der Waals surface area contributed by atoms with Gasteiger partial charge < -0.3 is 10.5 Å². The molecule has 2 N–H and O–H groups in total. The number of rotatable bonds is 12. The van der Waals surface area contributed by atoms with E-state index in [1.165, 1.54) is 44.9 Å². The van der Waals surface area contributed by atoms with Crippen molar-refractivity contribution in [3.8, 4) is 5.75 Å². The summed E-state index contributed by atoms with van der Waals surface area (Å²) in [6, 6.07) is 7.23. The van der Waals surface area contributed by atoms with Gasteiger partial charge in [0.1, 0.15) is 5.75 Å². The smallest absolute Gasteiger partial charge is 0.176 e. The molecule has 1 aromatic carbocycles. The summed E-state index contributed by atoms with van der Waals surface area (Å²) < 4.78 is 5.68. The van der Waals surface area contributed by atoms with Gasteiger partial charge in [-0.2, -0.15) is 0 Å². The number of unbranched alkanes of at least 4 members (excludes halogenated alkanes) is 7. The molecule has 21 heavy (non-hydrogen) atoms. The van der Waals surface area contributed by atoms with E-state index in [1.807, 2.05) is 12.1 Å². The molecule has 1 aromatic rings. The highest BCUT2D eigenvalue weighted by Crippen LogP contribution is 2.14. The Kier molecular flexibility index (Phi) is 9.55. The van der Waals surface area contributed by atoms with Crippen LogP contribution in [0.2, 0.25) is 0 Å². The lowest BCUT2D eigenvalue weighted by atomic mass is 10.1. The molecule has 0 aliphatic carbocycles. The van der Waals surface area contributed by atoms with E-state index < -0.39 is 0 Å². The number of ketones is 1. The van der Waals surface area contributed by atoms with Crippen molar-refractivity contribution in [1.82, 2.24) is 0 Å². The number of benzene rings is 1. The summed E-state index contributed by atoms with van der Waals surface area (Å²) in [5, 5.41) is 0. The number of carbonyl (C=O) groups is 1. The molecular formula is C18H29NO2. The van der Waals surface area contributed by atoms with Crippen LogP contribution in [-0.2, 0) is 0 Å².